The van der Waals surface area contributed by atoms with Gasteiger partial charge in [0.15, 0.2) is 0 Å². The van der Waals surface area contributed by atoms with Crippen LogP contribution < -0.4 is 9.80 Å². The normalized spacial score (nSPS) is 17.9. The molecule has 0 spiro atoms. The number of carbonyl (C=O) groups is 2. The summed E-state index contributed by atoms with van der Waals surface area (Å²) in [5, 5.41) is 11.0. The van der Waals surface area contributed by atoms with Crippen molar-refractivity contribution in [3.8, 4) is 0 Å². The number of nitrogens with zero attached hydrogens (tertiary/aromatic N) is 2. The maximum absolute atomic E-state index is 13.1. The number of anilines is 2. The zero-order chi connectivity index (χ0) is 21.3. The van der Waals surface area contributed by atoms with Crippen molar-refractivity contribution in [1.82, 2.24) is 0 Å². The number of amides is 1. The van der Waals surface area contributed by atoms with Crippen LogP contribution in [0.25, 0.3) is 5.76 Å². The Hall–Kier alpha value is -3.86. The molecular weight excluding hydrogens is 376 g/mol. The smallest absolute Gasteiger partial charge is 0.300 e. The van der Waals surface area contributed by atoms with E-state index in [2.05, 4.69) is 0 Å². The van der Waals surface area contributed by atoms with E-state index in [1.54, 1.807) is 24.3 Å². The molecule has 1 aliphatic rings. The number of ketones is 1. The third-order valence-electron chi connectivity index (χ3n) is 5.25. The topological polar surface area (TPSA) is 60.9 Å². The van der Waals surface area contributed by atoms with Crippen molar-refractivity contribution in [1.29, 1.82) is 0 Å². The summed E-state index contributed by atoms with van der Waals surface area (Å²) in [7, 11) is 3.87. The van der Waals surface area contributed by atoms with Gasteiger partial charge < -0.3 is 10.0 Å². The zero-order valence-corrected chi connectivity index (χ0v) is 16.8. The lowest BCUT2D eigenvalue weighted by Gasteiger charge is -2.26. The molecule has 5 heteroatoms. The van der Waals surface area contributed by atoms with Gasteiger partial charge in [0, 0.05) is 31.0 Å². The van der Waals surface area contributed by atoms with Crippen LogP contribution in [-0.4, -0.2) is 30.9 Å². The zero-order valence-electron chi connectivity index (χ0n) is 16.8. The van der Waals surface area contributed by atoms with Crippen LogP contribution in [0.1, 0.15) is 17.2 Å². The predicted molar refractivity (Wildman–Crippen MR) is 118 cm³/mol. The van der Waals surface area contributed by atoms with Crippen molar-refractivity contribution in [3.05, 3.63) is 102 Å². The molecule has 0 bridgehead atoms. The van der Waals surface area contributed by atoms with Crippen molar-refractivity contribution < 1.29 is 14.7 Å². The molecule has 1 amide bonds. The van der Waals surface area contributed by atoms with Gasteiger partial charge in [-0.2, -0.15) is 0 Å². The first-order valence-corrected chi connectivity index (χ1v) is 9.68. The van der Waals surface area contributed by atoms with Gasteiger partial charge in [0.25, 0.3) is 11.7 Å². The number of Topliss-reactive ketones (excluding diaryl/α,β-unsaturated/α-hetero) is 1. The number of rotatable bonds is 4. The van der Waals surface area contributed by atoms with Crippen molar-refractivity contribution in [2.24, 2.45) is 0 Å². The van der Waals surface area contributed by atoms with Crippen molar-refractivity contribution in [2.75, 3.05) is 23.9 Å². The predicted octanol–water partition coefficient (Wildman–Crippen LogP) is 4.38. The number of benzene rings is 3. The van der Waals surface area contributed by atoms with E-state index in [1.165, 1.54) is 4.90 Å². The second kappa shape index (κ2) is 7.87. The Bertz CT molecular complexity index is 1100. The van der Waals surface area contributed by atoms with Crippen LogP contribution in [-0.2, 0) is 9.59 Å². The van der Waals surface area contributed by atoms with E-state index in [0.29, 0.717) is 11.3 Å². The highest BCUT2D eigenvalue weighted by Gasteiger charge is 2.46. The van der Waals surface area contributed by atoms with Gasteiger partial charge in [-0.15, -0.1) is 0 Å². The van der Waals surface area contributed by atoms with Crippen molar-refractivity contribution in [3.63, 3.8) is 0 Å². The second-order valence-electron chi connectivity index (χ2n) is 7.36. The number of hydrogen-bond acceptors (Lipinski definition) is 4. The minimum Gasteiger partial charge on any atom is -0.507 e. The van der Waals surface area contributed by atoms with Gasteiger partial charge in [-0.05, 0) is 29.8 Å². The fourth-order valence-electron chi connectivity index (χ4n) is 3.71. The summed E-state index contributed by atoms with van der Waals surface area (Å²) in [6.07, 6.45) is 0. The Morgan fingerprint density at radius 3 is 1.97 bits per heavy atom. The third kappa shape index (κ3) is 3.35. The summed E-state index contributed by atoms with van der Waals surface area (Å²) < 4.78 is 0. The number of carbonyl (C=O) groups excluding carboxylic acids is 2. The third-order valence-corrected chi connectivity index (χ3v) is 5.25. The Morgan fingerprint density at radius 1 is 0.833 bits per heavy atom. The molecule has 4 rings (SSSR count). The molecular formula is C25H22N2O3. The quantitative estimate of drug-likeness (QED) is 0.403. The first-order chi connectivity index (χ1) is 14.5. The molecule has 1 fully saturated rings. The van der Waals surface area contributed by atoms with Crippen LogP contribution in [0.4, 0.5) is 11.4 Å². The molecule has 1 N–H and O–H groups in total. The van der Waals surface area contributed by atoms with Gasteiger partial charge >= 0.3 is 0 Å². The van der Waals surface area contributed by atoms with Gasteiger partial charge in [0.05, 0.1) is 11.6 Å². The molecule has 0 unspecified atom stereocenters. The summed E-state index contributed by atoms with van der Waals surface area (Å²) in [5.74, 6) is -1.52. The molecule has 0 saturated carbocycles. The molecule has 5 nitrogen and oxygen atoms in total. The highest BCUT2D eigenvalue weighted by molar-refractivity contribution is 6.51. The molecule has 150 valence electrons. The molecule has 30 heavy (non-hydrogen) atoms. The highest BCUT2D eigenvalue weighted by Crippen LogP contribution is 2.42. The lowest BCUT2D eigenvalue weighted by molar-refractivity contribution is -0.132. The van der Waals surface area contributed by atoms with E-state index in [4.69, 9.17) is 0 Å². The van der Waals surface area contributed by atoms with E-state index >= 15 is 0 Å². The van der Waals surface area contributed by atoms with Gasteiger partial charge in [-0.1, -0.05) is 60.7 Å². The standard InChI is InChI=1S/C25H22N2O3/c1-26(2)19-13-15-20(16-14-19)27-22(17-9-5-3-6-10-17)21(24(29)25(27)30)23(28)18-11-7-4-8-12-18/h3-16,22,28H,1-2H3/b23-21+/t22-/m1/s1. The van der Waals surface area contributed by atoms with Crippen LogP contribution >= 0.6 is 0 Å². The highest BCUT2D eigenvalue weighted by atomic mass is 16.3. The Morgan fingerprint density at radius 2 is 1.40 bits per heavy atom. The summed E-state index contributed by atoms with van der Waals surface area (Å²) in [5.41, 5.74) is 2.93. The first-order valence-electron chi connectivity index (χ1n) is 9.68. The molecule has 1 aliphatic heterocycles. The number of aliphatic hydroxyl groups excluding tert-OH is 1. The maximum atomic E-state index is 13.1. The van der Waals surface area contributed by atoms with E-state index < -0.39 is 17.7 Å². The van der Waals surface area contributed by atoms with Gasteiger partial charge in [-0.25, -0.2) is 0 Å². The minimum absolute atomic E-state index is 0.0917. The monoisotopic (exact) mass is 398 g/mol. The van der Waals surface area contributed by atoms with Gasteiger partial charge in [0.2, 0.25) is 0 Å². The van der Waals surface area contributed by atoms with Crippen LogP contribution in [0.5, 0.6) is 0 Å². The number of aliphatic hydroxyl groups is 1. The fraction of sp³-hybridized carbons (Fsp3) is 0.120. The SMILES string of the molecule is CN(C)c1ccc(N2C(=O)C(=O)/C(=C(/O)c3ccccc3)[C@H]2c2ccccc2)cc1. The van der Waals surface area contributed by atoms with Gasteiger partial charge in [0.1, 0.15) is 5.76 Å². The summed E-state index contributed by atoms with van der Waals surface area (Å²) in [6, 6.07) is 24.8. The van der Waals surface area contributed by atoms with Crippen LogP contribution in [0.15, 0.2) is 90.5 Å². The summed E-state index contributed by atoms with van der Waals surface area (Å²) in [4.78, 5) is 29.5. The van der Waals surface area contributed by atoms with Crippen molar-refractivity contribution in [2.45, 2.75) is 6.04 Å². The van der Waals surface area contributed by atoms with Crippen LogP contribution in [0.3, 0.4) is 0 Å². The van der Waals surface area contributed by atoms with Crippen LogP contribution in [0, 0.1) is 0 Å². The van der Waals surface area contributed by atoms with E-state index in [-0.39, 0.29) is 11.3 Å². The van der Waals surface area contributed by atoms with Gasteiger partial charge in [-0.3, -0.25) is 14.5 Å². The first kappa shape index (κ1) is 19.5. The van der Waals surface area contributed by atoms with Crippen molar-refractivity contribution >= 4 is 28.8 Å². The molecule has 3 aromatic carbocycles. The maximum Gasteiger partial charge on any atom is 0.300 e. The fourth-order valence-corrected chi connectivity index (χ4v) is 3.71. The summed E-state index contributed by atoms with van der Waals surface area (Å²) in [6.45, 7) is 0. The minimum atomic E-state index is -0.711. The molecule has 0 radical (unpaired) electrons. The molecule has 1 saturated heterocycles. The largest absolute Gasteiger partial charge is 0.507 e. The Balaban J connectivity index is 1.90. The lowest BCUT2D eigenvalue weighted by Crippen LogP contribution is -2.29. The molecule has 3 aromatic rings. The molecule has 0 aliphatic carbocycles. The molecule has 0 aromatic heterocycles. The van der Waals surface area contributed by atoms with E-state index in [0.717, 1.165) is 11.3 Å². The second-order valence-corrected chi connectivity index (χ2v) is 7.36. The van der Waals surface area contributed by atoms with E-state index in [9.17, 15) is 14.7 Å². The molecule has 1 atom stereocenters. The Kier molecular flexibility index (Phi) is 5.11. The summed E-state index contributed by atoms with van der Waals surface area (Å²) >= 11 is 0. The average molecular weight is 398 g/mol. The Labute approximate surface area is 175 Å². The van der Waals surface area contributed by atoms with E-state index in [1.807, 2.05) is 79.7 Å². The molecule has 1 heterocycles. The van der Waals surface area contributed by atoms with Crippen LogP contribution in [0.2, 0.25) is 0 Å². The lowest BCUT2D eigenvalue weighted by atomic mass is 9.95. The average Bonchev–Trinajstić information content (AvgIpc) is 3.05. The number of hydrogen-bond donors (Lipinski definition) is 1.